The van der Waals surface area contributed by atoms with Crippen molar-refractivity contribution in [3.8, 4) is 6.07 Å². The molecule has 1 aromatic heterocycles. The van der Waals surface area contributed by atoms with Crippen LogP contribution >= 0.6 is 11.6 Å². The van der Waals surface area contributed by atoms with Gasteiger partial charge in [0.15, 0.2) is 5.82 Å². The maximum absolute atomic E-state index is 12.6. The van der Waals surface area contributed by atoms with Crippen molar-refractivity contribution in [2.45, 2.75) is 31.9 Å². The topological polar surface area (TPSA) is 94.4 Å². The summed E-state index contributed by atoms with van der Waals surface area (Å²) < 4.78 is 5.46. The van der Waals surface area contributed by atoms with Crippen LogP contribution in [0.2, 0.25) is 5.02 Å². The monoisotopic (exact) mass is 447 g/mol. The summed E-state index contributed by atoms with van der Waals surface area (Å²) in [7, 11) is 0. The molecule has 0 aliphatic carbocycles. The number of ether oxygens (including phenoxy) is 1. The van der Waals surface area contributed by atoms with Crippen LogP contribution in [0, 0.1) is 11.3 Å². The Morgan fingerprint density at radius 2 is 2.09 bits per heavy atom. The molecular formula is C24H22ClN5O2. The first-order valence-corrected chi connectivity index (χ1v) is 10.7. The number of aliphatic imine (C=N–C) groups is 1. The Morgan fingerprint density at radius 3 is 2.88 bits per heavy atom. The molecule has 4 rings (SSSR count). The Balaban J connectivity index is 1.42. The van der Waals surface area contributed by atoms with Gasteiger partial charge in [-0.05, 0) is 36.1 Å². The van der Waals surface area contributed by atoms with Gasteiger partial charge in [-0.15, -0.1) is 0 Å². The number of nitriles is 1. The van der Waals surface area contributed by atoms with Gasteiger partial charge in [-0.25, -0.2) is 9.79 Å². The summed E-state index contributed by atoms with van der Waals surface area (Å²) in [6.45, 7) is 0.834. The van der Waals surface area contributed by atoms with Gasteiger partial charge in [0.2, 0.25) is 0 Å². The van der Waals surface area contributed by atoms with E-state index in [0.29, 0.717) is 35.1 Å². The number of aromatic nitrogens is 2. The molecule has 2 aromatic carbocycles. The van der Waals surface area contributed by atoms with E-state index in [1.54, 1.807) is 17.2 Å². The highest BCUT2D eigenvalue weighted by molar-refractivity contribution is 6.30. The lowest BCUT2D eigenvalue weighted by molar-refractivity contribution is 0.0997. The van der Waals surface area contributed by atoms with Crippen LogP contribution in [0.4, 0.5) is 10.6 Å². The van der Waals surface area contributed by atoms with Gasteiger partial charge >= 0.3 is 6.09 Å². The third-order valence-electron chi connectivity index (χ3n) is 5.31. The highest BCUT2D eigenvalue weighted by Crippen LogP contribution is 2.24. The van der Waals surface area contributed by atoms with Crippen molar-refractivity contribution in [1.82, 2.24) is 15.1 Å². The summed E-state index contributed by atoms with van der Waals surface area (Å²) in [5.41, 5.74) is 2.97. The van der Waals surface area contributed by atoms with Gasteiger partial charge in [0.1, 0.15) is 18.2 Å². The number of H-pyrrole nitrogens is 1. The molecule has 1 N–H and O–H groups in total. The number of nitrogens with zero attached hydrogens (tertiary/aromatic N) is 4. The molecule has 2 heterocycles. The quantitative estimate of drug-likeness (QED) is 0.536. The van der Waals surface area contributed by atoms with E-state index < -0.39 is 0 Å². The minimum Gasteiger partial charge on any atom is -0.445 e. The van der Waals surface area contributed by atoms with Crippen LogP contribution in [0.5, 0.6) is 0 Å². The first-order valence-electron chi connectivity index (χ1n) is 10.4. The standard InChI is InChI=1S/C24H22ClN5O2/c25-19-9-4-8-18(12-19)13-22-21(14-26)23(29-28-22)27-15-20-10-5-11-30(20)24(31)32-16-17-6-2-1-3-7-17/h1-4,6-9,12,15,20H,5,10-11,13,16H2,(H,28,29). The van der Waals surface area contributed by atoms with Gasteiger partial charge in [0, 0.05) is 24.2 Å². The number of amides is 1. The van der Waals surface area contributed by atoms with E-state index >= 15 is 0 Å². The molecule has 0 radical (unpaired) electrons. The Kier molecular flexibility index (Phi) is 6.83. The molecule has 1 aliphatic heterocycles. The average molecular weight is 448 g/mol. The maximum Gasteiger partial charge on any atom is 0.410 e. The fraction of sp³-hybridized carbons (Fsp3) is 0.250. The summed E-state index contributed by atoms with van der Waals surface area (Å²) in [4.78, 5) is 18.6. The maximum atomic E-state index is 12.6. The molecule has 0 bridgehead atoms. The summed E-state index contributed by atoms with van der Waals surface area (Å²) in [6, 6.07) is 19.0. The minimum atomic E-state index is -0.369. The normalized spacial score (nSPS) is 15.8. The third kappa shape index (κ3) is 5.16. The Labute approximate surface area is 191 Å². The zero-order valence-corrected chi connectivity index (χ0v) is 18.1. The number of hydrogen-bond donors (Lipinski definition) is 1. The molecule has 0 saturated carbocycles. The summed E-state index contributed by atoms with van der Waals surface area (Å²) in [5, 5.41) is 17.4. The van der Waals surface area contributed by atoms with Crippen molar-refractivity contribution in [3.05, 3.63) is 82.0 Å². The van der Waals surface area contributed by atoms with E-state index in [2.05, 4.69) is 21.3 Å². The summed E-state index contributed by atoms with van der Waals surface area (Å²) in [6.07, 6.45) is 3.45. The van der Waals surface area contributed by atoms with Crippen molar-refractivity contribution in [1.29, 1.82) is 5.26 Å². The smallest absolute Gasteiger partial charge is 0.410 e. The molecule has 1 unspecified atom stereocenters. The number of rotatable bonds is 6. The van der Waals surface area contributed by atoms with Crippen LogP contribution in [-0.2, 0) is 17.8 Å². The number of aromatic amines is 1. The SMILES string of the molecule is N#Cc1c(N=CC2CCCN2C(=O)OCc2ccccc2)n[nH]c1Cc1cccc(Cl)c1. The zero-order chi connectivity index (χ0) is 22.3. The van der Waals surface area contributed by atoms with E-state index in [9.17, 15) is 10.1 Å². The van der Waals surface area contributed by atoms with E-state index in [4.69, 9.17) is 16.3 Å². The van der Waals surface area contributed by atoms with E-state index in [-0.39, 0.29) is 18.7 Å². The van der Waals surface area contributed by atoms with Crippen molar-refractivity contribution < 1.29 is 9.53 Å². The van der Waals surface area contributed by atoms with Gasteiger partial charge < -0.3 is 9.64 Å². The Morgan fingerprint density at radius 1 is 1.28 bits per heavy atom. The fourth-order valence-corrected chi connectivity index (χ4v) is 3.90. The van der Waals surface area contributed by atoms with Crippen molar-refractivity contribution in [3.63, 3.8) is 0 Å². The second-order valence-corrected chi connectivity index (χ2v) is 7.98. The molecule has 1 amide bonds. The largest absolute Gasteiger partial charge is 0.445 e. The lowest BCUT2D eigenvalue weighted by Crippen LogP contribution is -2.36. The lowest BCUT2D eigenvalue weighted by Gasteiger charge is -2.21. The Bertz CT molecular complexity index is 1150. The number of nitrogens with one attached hydrogen (secondary N) is 1. The molecule has 162 valence electrons. The number of likely N-dealkylation sites (tertiary alicyclic amines) is 1. The number of carbonyl (C=O) groups is 1. The molecule has 1 atom stereocenters. The number of halogens is 1. The highest BCUT2D eigenvalue weighted by atomic mass is 35.5. The van der Waals surface area contributed by atoms with Crippen LogP contribution in [0.3, 0.4) is 0 Å². The molecular weight excluding hydrogens is 426 g/mol. The molecule has 8 heteroatoms. The summed E-state index contributed by atoms with van der Waals surface area (Å²) in [5.74, 6) is 0.314. The van der Waals surface area contributed by atoms with Gasteiger partial charge in [-0.2, -0.15) is 10.4 Å². The first kappa shape index (κ1) is 21.6. The third-order valence-corrected chi connectivity index (χ3v) is 5.55. The van der Waals surface area contributed by atoms with Gasteiger partial charge in [0.25, 0.3) is 0 Å². The fourth-order valence-electron chi connectivity index (χ4n) is 3.69. The zero-order valence-electron chi connectivity index (χ0n) is 17.4. The van der Waals surface area contributed by atoms with E-state index in [1.807, 2.05) is 48.5 Å². The van der Waals surface area contributed by atoms with Crippen LogP contribution in [0.25, 0.3) is 0 Å². The highest BCUT2D eigenvalue weighted by Gasteiger charge is 2.29. The molecule has 0 spiro atoms. The molecule has 1 fully saturated rings. The van der Waals surface area contributed by atoms with Crippen molar-refractivity contribution >= 4 is 29.7 Å². The van der Waals surface area contributed by atoms with Crippen LogP contribution in [0.15, 0.2) is 59.6 Å². The van der Waals surface area contributed by atoms with Gasteiger partial charge in [-0.3, -0.25) is 5.10 Å². The van der Waals surface area contributed by atoms with Gasteiger partial charge in [0.05, 0.1) is 11.7 Å². The first-order chi connectivity index (χ1) is 15.6. The summed E-state index contributed by atoms with van der Waals surface area (Å²) >= 11 is 6.05. The van der Waals surface area contributed by atoms with E-state index in [1.165, 1.54) is 0 Å². The predicted octanol–water partition coefficient (Wildman–Crippen LogP) is 5.03. The second kappa shape index (κ2) is 10.1. The molecule has 1 saturated heterocycles. The van der Waals surface area contributed by atoms with Crippen molar-refractivity contribution in [2.75, 3.05) is 6.54 Å². The minimum absolute atomic E-state index is 0.196. The van der Waals surface area contributed by atoms with E-state index in [0.717, 1.165) is 24.0 Å². The lowest BCUT2D eigenvalue weighted by atomic mass is 10.1. The molecule has 32 heavy (non-hydrogen) atoms. The second-order valence-electron chi connectivity index (χ2n) is 7.54. The van der Waals surface area contributed by atoms with Crippen LogP contribution < -0.4 is 0 Å². The van der Waals surface area contributed by atoms with Gasteiger partial charge in [-0.1, -0.05) is 54.1 Å². The number of carbonyl (C=O) groups excluding carboxylic acids is 1. The van der Waals surface area contributed by atoms with Crippen molar-refractivity contribution in [2.24, 2.45) is 4.99 Å². The van der Waals surface area contributed by atoms with Crippen LogP contribution in [-0.4, -0.2) is 40.0 Å². The number of benzene rings is 2. The van der Waals surface area contributed by atoms with Crippen LogP contribution in [0.1, 0.15) is 35.2 Å². The number of hydrogen-bond acceptors (Lipinski definition) is 5. The molecule has 7 nitrogen and oxygen atoms in total. The average Bonchev–Trinajstić information content (AvgIpc) is 3.43. The molecule has 3 aromatic rings. The Hall–Kier alpha value is -3.63. The predicted molar refractivity (Wildman–Crippen MR) is 122 cm³/mol. The molecule has 1 aliphatic rings.